The predicted octanol–water partition coefficient (Wildman–Crippen LogP) is 2.17. The van der Waals surface area contributed by atoms with E-state index in [1.165, 1.54) is 23.5 Å². The van der Waals surface area contributed by atoms with E-state index in [9.17, 15) is 14.7 Å². The number of furan rings is 2. The van der Waals surface area contributed by atoms with Crippen molar-refractivity contribution in [2.24, 2.45) is 0 Å². The molecule has 0 radical (unpaired) electrons. The molecule has 2 aliphatic heterocycles. The van der Waals surface area contributed by atoms with Crippen LogP contribution in [0.2, 0.25) is 0 Å². The first-order valence-electron chi connectivity index (χ1n) is 9.32. The van der Waals surface area contributed by atoms with Crippen LogP contribution in [0.3, 0.4) is 0 Å². The van der Waals surface area contributed by atoms with Crippen LogP contribution in [-0.4, -0.2) is 66.0 Å². The maximum absolute atomic E-state index is 12.9. The van der Waals surface area contributed by atoms with E-state index in [1.54, 1.807) is 18.2 Å². The summed E-state index contributed by atoms with van der Waals surface area (Å²) in [5.74, 6) is -1.14. The number of nitrogens with zero attached hydrogens (tertiary/aromatic N) is 2. The van der Waals surface area contributed by atoms with Gasteiger partial charge in [-0.2, -0.15) is 0 Å². The molecule has 1 amide bonds. The van der Waals surface area contributed by atoms with Gasteiger partial charge in [-0.25, -0.2) is 0 Å². The van der Waals surface area contributed by atoms with Crippen molar-refractivity contribution in [3.8, 4) is 0 Å². The number of rotatable bonds is 7. The van der Waals surface area contributed by atoms with E-state index in [0.717, 1.165) is 19.6 Å². The molecule has 0 unspecified atom stereocenters. The quantitative estimate of drug-likeness (QED) is 0.729. The van der Waals surface area contributed by atoms with Crippen LogP contribution in [0.4, 0.5) is 0 Å². The van der Waals surface area contributed by atoms with Crippen molar-refractivity contribution >= 4 is 11.7 Å². The first kappa shape index (κ1) is 18.5. The highest BCUT2D eigenvalue weighted by atomic mass is 16.5. The number of ketones is 1. The van der Waals surface area contributed by atoms with Crippen LogP contribution in [0.15, 0.2) is 57.0 Å². The van der Waals surface area contributed by atoms with Crippen LogP contribution in [0, 0.1) is 0 Å². The summed E-state index contributed by atoms with van der Waals surface area (Å²) < 4.78 is 16.0. The standard InChI is InChI=1S/C20H22N2O6/c23-18(15-5-2-11-28-15)16-17(14-4-1-10-27-14)22(20(25)19(16)24)7-3-6-21-8-12-26-13-9-21/h1-2,4-5,10-11,17,24H,3,6-9,12-13H2/t17-/m0/s1. The average molecular weight is 386 g/mol. The Kier molecular flexibility index (Phi) is 5.31. The van der Waals surface area contributed by atoms with E-state index in [4.69, 9.17) is 13.6 Å². The fraction of sp³-hybridized carbons (Fsp3) is 0.400. The number of morpholine rings is 1. The maximum Gasteiger partial charge on any atom is 0.290 e. The molecule has 8 nitrogen and oxygen atoms in total. The van der Waals surface area contributed by atoms with E-state index in [1.807, 2.05) is 0 Å². The molecule has 1 atom stereocenters. The number of Topliss-reactive ketones (excluding diaryl/α,β-unsaturated/α-hetero) is 1. The third-order valence-corrected chi connectivity index (χ3v) is 5.08. The largest absolute Gasteiger partial charge is 0.503 e. The summed E-state index contributed by atoms with van der Waals surface area (Å²) in [5, 5.41) is 10.5. The summed E-state index contributed by atoms with van der Waals surface area (Å²) in [6.07, 6.45) is 3.57. The molecule has 2 aromatic rings. The van der Waals surface area contributed by atoms with Gasteiger partial charge in [-0.1, -0.05) is 0 Å². The number of aliphatic hydroxyl groups is 1. The van der Waals surface area contributed by atoms with Crippen LogP contribution in [-0.2, 0) is 9.53 Å². The highest BCUT2D eigenvalue weighted by Crippen LogP contribution is 2.39. The fourth-order valence-corrected chi connectivity index (χ4v) is 3.69. The molecule has 0 spiro atoms. The Bertz CT molecular complexity index is 849. The summed E-state index contributed by atoms with van der Waals surface area (Å²) in [6.45, 7) is 4.34. The third kappa shape index (κ3) is 3.48. The minimum atomic E-state index is -0.773. The molecule has 0 aromatic carbocycles. The zero-order chi connectivity index (χ0) is 19.5. The number of hydrogen-bond acceptors (Lipinski definition) is 7. The van der Waals surface area contributed by atoms with Crippen molar-refractivity contribution < 1.29 is 28.3 Å². The summed E-state index contributed by atoms with van der Waals surface area (Å²) in [4.78, 5) is 29.4. The first-order chi connectivity index (χ1) is 13.7. The molecule has 0 saturated carbocycles. The number of carbonyl (C=O) groups excluding carboxylic acids is 2. The smallest absolute Gasteiger partial charge is 0.290 e. The Morgan fingerprint density at radius 3 is 2.54 bits per heavy atom. The Morgan fingerprint density at radius 2 is 1.86 bits per heavy atom. The summed E-state index contributed by atoms with van der Waals surface area (Å²) in [7, 11) is 0. The van der Waals surface area contributed by atoms with Crippen LogP contribution >= 0.6 is 0 Å². The summed E-state index contributed by atoms with van der Waals surface area (Å²) in [5.41, 5.74) is -0.0127. The fourth-order valence-electron chi connectivity index (χ4n) is 3.69. The number of hydrogen-bond donors (Lipinski definition) is 1. The summed E-state index contributed by atoms with van der Waals surface area (Å²) in [6, 6.07) is 5.71. The Labute approximate surface area is 162 Å². The summed E-state index contributed by atoms with van der Waals surface area (Å²) >= 11 is 0. The molecular weight excluding hydrogens is 364 g/mol. The lowest BCUT2D eigenvalue weighted by Gasteiger charge is -2.29. The van der Waals surface area contributed by atoms with Gasteiger partial charge in [0.25, 0.3) is 5.91 Å². The van der Waals surface area contributed by atoms with Gasteiger partial charge in [0.1, 0.15) is 11.8 Å². The van der Waals surface area contributed by atoms with Gasteiger partial charge in [0.05, 0.1) is 31.3 Å². The van der Waals surface area contributed by atoms with Crippen molar-refractivity contribution in [3.63, 3.8) is 0 Å². The van der Waals surface area contributed by atoms with Gasteiger partial charge < -0.3 is 23.6 Å². The number of carbonyl (C=O) groups is 2. The van der Waals surface area contributed by atoms with E-state index in [2.05, 4.69) is 4.90 Å². The lowest BCUT2D eigenvalue weighted by atomic mass is 9.99. The second-order valence-corrected chi connectivity index (χ2v) is 6.79. The van der Waals surface area contributed by atoms with Gasteiger partial charge in [-0.3, -0.25) is 14.5 Å². The van der Waals surface area contributed by atoms with Crippen LogP contribution < -0.4 is 0 Å². The number of aliphatic hydroxyl groups excluding tert-OH is 1. The van der Waals surface area contributed by atoms with E-state index in [-0.39, 0.29) is 11.3 Å². The third-order valence-electron chi connectivity index (χ3n) is 5.08. The number of amides is 1. The monoisotopic (exact) mass is 386 g/mol. The van der Waals surface area contributed by atoms with Crippen molar-refractivity contribution in [2.45, 2.75) is 12.5 Å². The lowest BCUT2D eigenvalue weighted by molar-refractivity contribution is -0.129. The van der Waals surface area contributed by atoms with E-state index >= 15 is 0 Å². The molecule has 0 bridgehead atoms. The lowest BCUT2D eigenvalue weighted by Crippen LogP contribution is -2.39. The zero-order valence-electron chi connectivity index (χ0n) is 15.4. The Hall–Kier alpha value is -2.84. The van der Waals surface area contributed by atoms with Gasteiger partial charge >= 0.3 is 0 Å². The molecule has 2 aliphatic rings. The normalized spacial score (nSPS) is 20.9. The van der Waals surface area contributed by atoms with Gasteiger partial charge in [-0.05, 0) is 30.7 Å². The second-order valence-electron chi connectivity index (χ2n) is 6.79. The molecule has 4 rings (SSSR count). The van der Waals surface area contributed by atoms with Crippen LogP contribution in [0.1, 0.15) is 28.8 Å². The molecule has 8 heteroatoms. The van der Waals surface area contributed by atoms with E-state index < -0.39 is 23.5 Å². The Balaban J connectivity index is 1.54. The molecule has 2 aromatic heterocycles. The molecule has 28 heavy (non-hydrogen) atoms. The molecule has 1 saturated heterocycles. The van der Waals surface area contributed by atoms with Gasteiger partial charge in [0, 0.05) is 26.2 Å². The molecule has 148 valence electrons. The maximum atomic E-state index is 12.9. The molecular formula is C20H22N2O6. The van der Waals surface area contributed by atoms with Gasteiger partial charge in [0.2, 0.25) is 5.78 Å². The van der Waals surface area contributed by atoms with Gasteiger partial charge in [-0.15, -0.1) is 0 Å². The Morgan fingerprint density at radius 1 is 1.11 bits per heavy atom. The highest BCUT2D eigenvalue weighted by molar-refractivity contribution is 6.14. The minimum Gasteiger partial charge on any atom is -0.503 e. The van der Waals surface area contributed by atoms with Crippen LogP contribution in [0.5, 0.6) is 0 Å². The molecule has 4 heterocycles. The zero-order valence-corrected chi connectivity index (χ0v) is 15.4. The van der Waals surface area contributed by atoms with Crippen molar-refractivity contribution in [1.82, 2.24) is 9.80 Å². The molecule has 0 aliphatic carbocycles. The predicted molar refractivity (Wildman–Crippen MR) is 97.7 cm³/mol. The average Bonchev–Trinajstić information content (AvgIpc) is 3.46. The highest BCUT2D eigenvalue weighted by Gasteiger charge is 2.45. The van der Waals surface area contributed by atoms with Crippen molar-refractivity contribution in [1.29, 1.82) is 0 Å². The topological polar surface area (TPSA) is 96.4 Å². The first-order valence-corrected chi connectivity index (χ1v) is 9.32. The SMILES string of the molecule is O=C(C1=C(O)C(=O)N(CCCN2CCOCC2)[C@H]1c1ccco1)c1ccco1. The van der Waals surface area contributed by atoms with Gasteiger partial charge in [0.15, 0.2) is 11.5 Å². The molecule has 1 N–H and O–H groups in total. The number of ether oxygens (including phenoxy) is 1. The molecule has 1 fully saturated rings. The van der Waals surface area contributed by atoms with Crippen molar-refractivity contribution in [3.05, 3.63) is 59.6 Å². The second kappa shape index (κ2) is 8.04. The van der Waals surface area contributed by atoms with E-state index in [0.29, 0.717) is 31.9 Å². The van der Waals surface area contributed by atoms with Crippen LogP contribution in [0.25, 0.3) is 0 Å². The van der Waals surface area contributed by atoms with Crippen molar-refractivity contribution in [2.75, 3.05) is 39.4 Å². The minimum absolute atomic E-state index is 0.0127.